The van der Waals surface area contributed by atoms with Crippen LogP contribution in [0.15, 0.2) is 59.0 Å². The number of para-hydroxylation sites is 1. The Bertz CT molecular complexity index is 1210. The maximum absolute atomic E-state index is 13.4. The van der Waals surface area contributed by atoms with Crippen molar-refractivity contribution in [3.63, 3.8) is 0 Å². The van der Waals surface area contributed by atoms with Crippen LogP contribution < -0.4 is 10.1 Å². The Morgan fingerprint density at radius 1 is 1.21 bits per heavy atom. The molecule has 6 rings (SSSR count). The molecule has 2 atom stereocenters. The molecule has 0 fully saturated rings. The maximum Gasteiger partial charge on any atom is 0.306 e. The summed E-state index contributed by atoms with van der Waals surface area (Å²) in [6.45, 7) is 0. The molecule has 1 spiro atoms. The number of amides is 1. The first-order valence-corrected chi connectivity index (χ1v) is 10.7. The Kier molecular flexibility index (Phi) is 3.57. The molecule has 3 aliphatic rings. The van der Waals surface area contributed by atoms with Crippen molar-refractivity contribution in [3.8, 4) is 5.75 Å². The Balaban J connectivity index is 1.62. The van der Waals surface area contributed by atoms with Crippen LogP contribution in [0.25, 0.3) is 0 Å². The Morgan fingerprint density at radius 2 is 2.07 bits per heavy atom. The minimum Gasteiger partial charge on any atom is -0.453 e. The minimum absolute atomic E-state index is 0.133. The van der Waals surface area contributed by atoms with E-state index >= 15 is 0 Å². The van der Waals surface area contributed by atoms with Gasteiger partial charge in [-0.2, -0.15) is 5.10 Å². The fourth-order valence-corrected chi connectivity index (χ4v) is 5.57. The molecule has 0 saturated carbocycles. The first-order chi connectivity index (χ1) is 14.1. The number of fused-ring (bicyclic) bond motifs is 6. The fourth-order valence-electron chi connectivity index (χ4n) is 4.31. The number of anilines is 1. The zero-order valence-corrected chi connectivity index (χ0v) is 17.2. The van der Waals surface area contributed by atoms with Gasteiger partial charge in [-0.05, 0) is 29.6 Å². The van der Waals surface area contributed by atoms with Crippen LogP contribution in [0, 0.1) is 0 Å². The van der Waals surface area contributed by atoms with Crippen molar-refractivity contribution in [2.45, 2.75) is 18.2 Å². The van der Waals surface area contributed by atoms with E-state index in [4.69, 9.17) is 33.0 Å². The number of hydrogen-bond acceptors (Lipinski definition) is 5. The van der Waals surface area contributed by atoms with Crippen molar-refractivity contribution in [1.29, 1.82) is 0 Å². The highest BCUT2D eigenvalue weighted by atomic mass is 35.5. The summed E-state index contributed by atoms with van der Waals surface area (Å²) >= 11 is 14.3. The van der Waals surface area contributed by atoms with Gasteiger partial charge < -0.3 is 10.1 Å². The van der Waals surface area contributed by atoms with Crippen LogP contribution in [-0.4, -0.2) is 16.6 Å². The van der Waals surface area contributed by atoms with E-state index < -0.39 is 5.72 Å². The number of benzene rings is 2. The molecule has 0 aliphatic carbocycles. The molecule has 0 bridgehead atoms. The van der Waals surface area contributed by atoms with E-state index in [0.717, 1.165) is 16.2 Å². The number of hydrazone groups is 1. The molecule has 0 saturated heterocycles. The van der Waals surface area contributed by atoms with E-state index in [1.54, 1.807) is 28.5 Å². The summed E-state index contributed by atoms with van der Waals surface area (Å²) in [6.07, 6.45) is 0.680. The van der Waals surface area contributed by atoms with E-state index in [1.807, 2.05) is 41.8 Å². The number of nitrogens with zero attached hydrogens (tertiary/aromatic N) is 2. The molecular weight excluding hydrogens is 429 g/mol. The van der Waals surface area contributed by atoms with Gasteiger partial charge in [0.05, 0.1) is 32.9 Å². The molecule has 29 heavy (non-hydrogen) atoms. The smallest absolute Gasteiger partial charge is 0.306 e. The van der Waals surface area contributed by atoms with E-state index in [9.17, 15) is 4.79 Å². The molecule has 1 aromatic heterocycles. The summed E-state index contributed by atoms with van der Waals surface area (Å²) in [5.41, 5.74) is 1.57. The molecular formula is C21H13Cl2N3O2S. The number of ether oxygens (including phenoxy) is 1. The Labute approximate surface area is 180 Å². The summed E-state index contributed by atoms with van der Waals surface area (Å²) in [7, 11) is 0. The van der Waals surface area contributed by atoms with Crippen molar-refractivity contribution < 1.29 is 9.53 Å². The van der Waals surface area contributed by atoms with Gasteiger partial charge in [0.2, 0.25) is 0 Å². The van der Waals surface area contributed by atoms with E-state index in [-0.39, 0.29) is 11.9 Å². The average molecular weight is 442 g/mol. The third kappa shape index (κ3) is 2.28. The normalized spacial score (nSPS) is 23.9. The molecule has 5 nitrogen and oxygen atoms in total. The first-order valence-electron chi connectivity index (χ1n) is 9.07. The molecule has 4 heterocycles. The van der Waals surface area contributed by atoms with E-state index in [0.29, 0.717) is 33.5 Å². The van der Waals surface area contributed by atoms with Gasteiger partial charge in [-0.25, -0.2) is 5.01 Å². The Hall–Kier alpha value is -2.54. The highest BCUT2D eigenvalue weighted by Crippen LogP contribution is 2.55. The second-order valence-corrected chi connectivity index (χ2v) is 8.93. The predicted molar refractivity (Wildman–Crippen MR) is 114 cm³/mol. The molecule has 0 radical (unpaired) electrons. The van der Waals surface area contributed by atoms with Gasteiger partial charge in [-0.3, -0.25) is 4.79 Å². The van der Waals surface area contributed by atoms with Crippen molar-refractivity contribution in [1.82, 2.24) is 5.01 Å². The Morgan fingerprint density at radius 3 is 2.90 bits per heavy atom. The van der Waals surface area contributed by atoms with Crippen LogP contribution in [0.4, 0.5) is 5.69 Å². The van der Waals surface area contributed by atoms with Crippen LogP contribution in [0.1, 0.15) is 28.5 Å². The molecule has 2 aromatic carbocycles. The highest BCUT2D eigenvalue weighted by molar-refractivity contribution is 7.12. The van der Waals surface area contributed by atoms with Gasteiger partial charge in [-0.1, -0.05) is 47.5 Å². The van der Waals surface area contributed by atoms with Crippen LogP contribution in [0.5, 0.6) is 5.75 Å². The van der Waals surface area contributed by atoms with Crippen molar-refractivity contribution in [2.75, 3.05) is 5.32 Å². The van der Waals surface area contributed by atoms with Gasteiger partial charge in [0.15, 0.2) is 0 Å². The monoisotopic (exact) mass is 441 g/mol. The molecule has 3 aromatic rings. The number of thiophene rings is 1. The number of carbonyl (C=O) groups excluding carboxylic acids is 1. The average Bonchev–Trinajstić information content (AvgIpc) is 3.43. The lowest BCUT2D eigenvalue weighted by Gasteiger charge is -2.44. The molecule has 3 aliphatic heterocycles. The third-order valence-corrected chi connectivity index (χ3v) is 6.98. The molecule has 8 heteroatoms. The van der Waals surface area contributed by atoms with Crippen LogP contribution >= 0.6 is 34.5 Å². The fraction of sp³-hybridized carbons (Fsp3) is 0.143. The van der Waals surface area contributed by atoms with Gasteiger partial charge >= 0.3 is 5.72 Å². The molecule has 0 unspecified atom stereocenters. The summed E-state index contributed by atoms with van der Waals surface area (Å²) in [5, 5.41) is 12.4. The van der Waals surface area contributed by atoms with Crippen LogP contribution in [-0.2, 0) is 10.5 Å². The van der Waals surface area contributed by atoms with Crippen LogP contribution in [0.2, 0.25) is 10.0 Å². The zero-order chi connectivity index (χ0) is 19.8. The highest BCUT2D eigenvalue weighted by Gasteiger charge is 2.61. The lowest BCUT2D eigenvalue weighted by Crippen LogP contribution is -2.55. The van der Waals surface area contributed by atoms with Crippen LogP contribution in [0.3, 0.4) is 0 Å². The van der Waals surface area contributed by atoms with E-state index in [2.05, 4.69) is 5.32 Å². The van der Waals surface area contributed by atoms with Crippen molar-refractivity contribution >= 4 is 51.8 Å². The summed E-state index contributed by atoms with van der Waals surface area (Å²) in [6, 6.07) is 15.0. The van der Waals surface area contributed by atoms with Crippen molar-refractivity contribution in [2.24, 2.45) is 5.10 Å². The number of rotatable bonds is 1. The number of nitrogens with one attached hydrogen (secondary N) is 1. The number of hydrogen-bond donors (Lipinski definition) is 1. The minimum atomic E-state index is -1.46. The maximum atomic E-state index is 13.4. The molecule has 1 amide bonds. The lowest BCUT2D eigenvalue weighted by atomic mass is 9.93. The van der Waals surface area contributed by atoms with E-state index in [1.165, 1.54) is 0 Å². The zero-order valence-electron chi connectivity index (χ0n) is 14.9. The lowest BCUT2D eigenvalue weighted by molar-refractivity contribution is -0.161. The molecule has 144 valence electrons. The largest absolute Gasteiger partial charge is 0.453 e. The third-order valence-electron chi connectivity index (χ3n) is 5.54. The predicted octanol–water partition coefficient (Wildman–Crippen LogP) is 5.40. The standard InChI is InChI=1S/C21H13Cl2N3O2S/c22-11-8-13-19(14(23)9-11)24-20(27)21(13)26-16(12-4-1-2-5-17(12)28-21)10-15(25-26)18-6-3-7-29-18/h1-9,16H,10H2,(H,24,27)/t16-,21+/m0/s1. The second kappa shape index (κ2) is 5.98. The van der Waals surface area contributed by atoms with Gasteiger partial charge in [-0.15, -0.1) is 11.3 Å². The number of halogens is 2. The quantitative estimate of drug-likeness (QED) is 0.549. The van der Waals surface area contributed by atoms with Gasteiger partial charge in [0.25, 0.3) is 5.91 Å². The number of carbonyl (C=O) groups is 1. The summed E-state index contributed by atoms with van der Waals surface area (Å²) < 4.78 is 6.40. The van der Waals surface area contributed by atoms with Gasteiger partial charge in [0, 0.05) is 17.0 Å². The SMILES string of the molecule is O=C1Nc2c(Cl)cc(Cl)cc2[C@@]12Oc1ccccc1[C@@H]1CC(c3cccs3)=NN12. The second-order valence-electron chi connectivity index (χ2n) is 7.14. The summed E-state index contributed by atoms with van der Waals surface area (Å²) in [4.78, 5) is 14.4. The first kappa shape index (κ1) is 17.3. The topological polar surface area (TPSA) is 53.9 Å². The van der Waals surface area contributed by atoms with Crippen molar-refractivity contribution in [3.05, 3.63) is 80.0 Å². The molecule has 1 N–H and O–H groups in total. The van der Waals surface area contributed by atoms with Gasteiger partial charge in [0.1, 0.15) is 5.75 Å². The summed E-state index contributed by atoms with van der Waals surface area (Å²) in [5.74, 6) is 0.336.